The van der Waals surface area contributed by atoms with Gasteiger partial charge in [0.1, 0.15) is 10.6 Å². The highest BCUT2D eigenvalue weighted by Gasteiger charge is 2.42. The molecule has 3 rings (SSSR count). The number of benzene rings is 1. The van der Waals surface area contributed by atoms with Gasteiger partial charge in [-0.3, -0.25) is 4.79 Å². The Bertz CT molecular complexity index is 1020. The number of hydrogen-bond acceptors (Lipinski definition) is 6. The molecule has 0 atom stereocenters. The van der Waals surface area contributed by atoms with E-state index in [0.717, 1.165) is 17.9 Å². The van der Waals surface area contributed by atoms with E-state index in [1.807, 2.05) is 20.8 Å². The van der Waals surface area contributed by atoms with E-state index in [9.17, 15) is 14.6 Å². The zero-order valence-electron chi connectivity index (χ0n) is 19.2. The van der Waals surface area contributed by atoms with Crippen molar-refractivity contribution in [3.63, 3.8) is 0 Å². The molecule has 0 saturated heterocycles. The third kappa shape index (κ3) is 5.19. The minimum atomic E-state index is -0.656. The number of hydrogen-bond donors (Lipinski definition) is 3. The zero-order valence-corrected chi connectivity index (χ0v) is 20.0. The topological polar surface area (TPSA) is 87.7 Å². The van der Waals surface area contributed by atoms with Crippen molar-refractivity contribution in [2.24, 2.45) is 0 Å². The van der Waals surface area contributed by atoms with Crippen molar-refractivity contribution in [2.75, 3.05) is 5.32 Å². The molecule has 31 heavy (non-hydrogen) atoms. The first-order valence-corrected chi connectivity index (χ1v) is 11.1. The predicted molar refractivity (Wildman–Crippen MR) is 125 cm³/mol. The second-order valence-corrected chi connectivity index (χ2v) is 11.2. The molecule has 0 unspecified atom stereocenters. The van der Waals surface area contributed by atoms with Crippen molar-refractivity contribution < 1.29 is 19.3 Å². The summed E-state index contributed by atoms with van der Waals surface area (Å²) in [4.78, 5) is 27.2. The summed E-state index contributed by atoms with van der Waals surface area (Å²) >= 11 is 1.40. The molecule has 1 radical (unpaired) electrons. The first-order valence-electron chi connectivity index (χ1n) is 10.3. The fraction of sp³-hybridized carbons (Fsp3) is 0.478. The average molecular weight is 441 g/mol. The molecule has 2 heterocycles. The number of nitrogens with one attached hydrogen (secondary N) is 2. The Kier molecular flexibility index (Phi) is 6.12. The highest BCUT2D eigenvalue weighted by atomic mass is 32.1. The van der Waals surface area contributed by atoms with Gasteiger partial charge in [-0.2, -0.15) is 0 Å². The van der Waals surface area contributed by atoms with Crippen LogP contribution in [0.5, 0.6) is 0 Å². The highest BCUT2D eigenvalue weighted by Crippen LogP contribution is 2.45. The lowest BCUT2D eigenvalue weighted by molar-refractivity contribution is 0.00693. The first-order chi connectivity index (χ1) is 14.2. The van der Waals surface area contributed by atoms with Crippen LogP contribution in [0.3, 0.4) is 0 Å². The number of anilines is 1. The normalized spacial score (nSPS) is 16.9. The Labute approximate surface area is 188 Å². The largest absolute Gasteiger partial charge is 0.456 e. The van der Waals surface area contributed by atoms with Gasteiger partial charge in [-0.15, -0.1) is 11.3 Å². The van der Waals surface area contributed by atoms with Crippen molar-refractivity contribution in [1.29, 1.82) is 0 Å². The van der Waals surface area contributed by atoms with Gasteiger partial charge >= 0.3 is 13.5 Å². The van der Waals surface area contributed by atoms with Gasteiger partial charge < -0.3 is 20.4 Å². The maximum atomic E-state index is 13.2. The van der Waals surface area contributed by atoms with Gasteiger partial charge in [-0.1, -0.05) is 23.7 Å². The summed E-state index contributed by atoms with van der Waals surface area (Å²) in [5, 5.41) is 16.3. The molecule has 6 nitrogen and oxygen atoms in total. The van der Waals surface area contributed by atoms with E-state index in [1.165, 1.54) is 11.3 Å². The molecule has 0 aliphatic carbocycles. The minimum Gasteiger partial charge on any atom is -0.456 e. The maximum Gasteiger partial charge on any atom is 0.341 e. The van der Waals surface area contributed by atoms with Crippen LogP contribution in [0, 0.1) is 0 Å². The van der Waals surface area contributed by atoms with Crippen LogP contribution in [0.4, 0.5) is 5.00 Å². The number of esters is 1. The molecule has 1 aromatic carbocycles. The van der Waals surface area contributed by atoms with Crippen LogP contribution in [-0.2, 0) is 16.7 Å². The summed E-state index contributed by atoms with van der Waals surface area (Å²) in [6, 6.07) is 6.64. The number of fused-ring (bicyclic) bond motifs is 1. The van der Waals surface area contributed by atoms with E-state index < -0.39 is 11.6 Å². The summed E-state index contributed by atoms with van der Waals surface area (Å²) in [5.41, 5.74) is 1.01. The van der Waals surface area contributed by atoms with E-state index in [4.69, 9.17) is 4.74 Å². The Hall–Kier alpha value is -2.16. The summed E-state index contributed by atoms with van der Waals surface area (Å²) < 4.78 is 5.71. The first kappa shape index (κ1) is 23.5. The number of ether oxygens (including phenoxy) is 1. The van der Waals surface area contributed by atoms with Gasteiger partial charge in [-0.05, 0) is 66.5 Å². The van der Waals surface area contributed by atoms with Gasteiger partial charge in [0, 0.05) is 21.5 Å². The van der Waals surface area contributed by atoms with Gasteiger partial charge in [0.05, 0.1) is 5.56 Å². The van der Waals surface area contributed by atoms with E-state index in [-0.39, 0.29) is 17.0 Å². The van der Waals surface area contributed by atoms with Crippen LogP contribution in [0.2, 0.25) is 0 Å². The number of carbonyl (C=O) groups is 2. The van der Waals surface area contributed by atoms with Crippen molar-refractivity contribution in [3.8, 4) is 0 Å². The molecule has 0 spiro atoms. The number of rotatable bonds is 4. The smallest absolute Gasteiger partial charge is 0.341 e. The summed E-state index contributed by atoms with van der Waals surface area (Å²) in [7, 11) is 0.947. The molecule has 1 aromatic heterocycles. The van der Waals surface area contributed by atoms with Crippen LogP contribution < -0.4 is 16.1 Å². The predicted octanol–water partition coefficient (Wildman–Crippen LogP) is 3.35. The summed E-state index contributed by atoms with van der Waals surface area (Å²) in [5.74, 6) is -0.789. The molecule has 8 heteroatoms. The Balaban J connectivity index is 2.08. The van der Waals surface area contributed by atoms with Crippen molar-refractivity contribution in [3.05, 3.63) is 45.8 Å². The summed E-state index contributed by atoms with van der Waals surface area (Å²) in [6.45, 7) is 13.8. The van der Waals surface area contributed by atoms with E-state index in [0.29, 0.717) is 28.0 Å². The Morgan fingerprint density at radius 2 is 1.90 bits per heavy atom. The van der Waals surface area contributed by atoms with E-state index in [2.05, 4.69) is 38.3 Å². The molecule has 1 amide bonds. The van der Waals surface area contributed by atoms with Gasteiger partial charge in [-0.25, -0.2) is 4.79 Å². The SMILES string of the molecule is CC1(C)Cc2c(sc(NC(=O)c3cccc([B]O)c3)c2C(=O)OC(C)(C)C)C(C)(C)N1. The van der Waals surface area contributed by atoms with E-state index in [1.54, 1.807) is 24.3 Å². The lowest BCUT2D eigenvalue weighted by atomic mass is 9.81. The van der Waals surface area contributed by atoms with Gasteiger partial charge in [0.2, 0.25) is 0 Å². The van der Waals surface area contributed by atoms with Crippen LogP contribution in [0.1, 0.15) is 79.6 Å². The van der Waals surface area contributed by atoms with Crippen molar-refractivity contribution in [2.45, 2.75) is 71.6 Å². The van der Waals surface area contributed by atoms with Gasteiger partial charge in [0.15, 0.2) is 0 Å². The summed E-state index contributed by atoms with van der Waals surface area (Å²) in [6.07, 6.45) is 0.641. The number of thiophene rings is 1. The quantitative estimate of drug-likeness (QED) is 0.501. The van der Waals surface area contributed by atoms with Crippen LogP contribution >= 0.6 is 11.3 Å². The molecule has 3 N–H and O–H groups in total. The fourth-order valence-electron chi connectivity index (χ4n) is 4.10. The van der Waals surface area contributed by atoms with Crippen LogP contribution in [0.15, 0.2) is 24.3 Å². The molecular weight excluding hydrogens is 411 g/mol. The Morgan fingerprint density at radius 3 is 2.52 bits per heavy atom. The lowest BCUT2D eigenvalue weighted by Crippen LogP contribution is -2.55. The van der Waals surface area contributed by atoms with Crippen molar-refractivity contribution in [1.82, 2.24) is 5.32 Å². The highest BCUT2D eigenvalue weighted by molar-refractivity contribution is 7.17. The second-order valence-electron chi connectivity index (χ2n) is 10.1. The maximum absolute atomic E-state index is 13.2. The molecule has 0 bridgehead atoms. The molecule has 1 aliphatic rings. The minimum absolute atomic E-state index is 0.221. The number of carbonyl (C=O) groups excluding carboxylic acids is 2. The molecule has 0 saturated carbocycles. The van der Waals surface area contributed by atoms with E-state index >= 15 is 0 Å². The second kappa shape index (κ2) is 8.08. The average Bonchev–Trinajstić information content (AvgIpc) is 2.97. The third-order valence-electron chi connectivity index (χ3n) is 4.97. The molecule has 165 valence electrons. The van der Waals surface area contributed by atoms with Crippen molar-refractivity contribution >= 4 is 41.2 Å². The molecular formula is C23H30BN2O4S. The molecule has 0 fully saturated rings. The standard InChI is InChI=1S/C23H30BN2O4S/c1-21(2,3)30-20(28)16-15-12-22(4,5)26-23(6,7)17(15)31-19(16)25-18(27)13-9-8-10-14(11-13)24-29/h8-11,26,29H,12H2,1-7H3,(H,25,27). The molecule has 2 aromatic rings. The van der Waals surface area contributed by atoms with Crippen LogP contribution in [0.25, 0.3) is 0 Å². The monoisotopic (exact) mass is 441 g/mol. The van der Waals surface area contributed by atoms with Gasteiger partial charge in [0.25, 0.3) is 5.91 Å². The van der Waals surface area contributed by atoms with Crippen LogP contribution in [-0.4, -0.2) is 35.5 Å². The zero-order chi connectivity index (χ0) is 23.2. The fourth-order valence-corrected chi connectivity index (χ4v) is 5.36. The third-order valence-corrected chi connectivity index (χ3v) is 6.44. The molecule has 1 aliphatic heterocycles. The number of amides is 1. The lowest BCUT2D eigenvalue weighted by Gasteiger charge is -2.42. The Morgan fingerprint density at radius 1 is 1.23 bits per heavy atom.